The molecule has 3 rings (SSSR count). The van der Waals surface area contributed by atoms with Gasteiger partial charge in [0.25, 0.3) is 5.91 Å². The van der Waals surface area contributed by atoms with Crippen LogP contribution in [-0.4, -0.2) is 35.4 Å². The van der Waals surface area contributed by atoms with E-state index in [0.29, 0.717) is 12.1 Å². The van der Waals surface area contributed by atoms with E-state index < -0.39 is 0 Å². The second-order valence-corrected chi connectivity index (χ2v) is 6.32. The highest BCUT2D eigenvalue weighted by Gasteiger charge is 2.35. The summed E-state index contributed by atoms with van der Waals surface area (Å²) in [6.45, 7) is 6.21. The number of halogens is 2. The van der Waals surface area contributed by atoms with Crippen molar-refractivity contribution in [2.45, 2.75) is 20.3 Å². The minimum atomic E-state index is 0. The number of benzene rings is 1. The van der Waals surface area contributed by atoms with Gasteiger partial charge in [-0.3, -0.25) is 9.78 Å². The number of nitrogens with zero attached hydrogens (tertiary/aromatic N) is 2. The van der Waals surface area contributed by atoms with Crippen molar-refractivity contribution in [3.8, 4) is 0 Å². The number of rotatable bonds is 2. The van der Waals surface area contributed by atoms with E-state index in [4.69, 9.17) is 5.73 Å². The molecule has 2 N–H and O–H groups in total. The maximum absolute atomic E-state index is 12.8. The van der Waals surface area contributed by atoms with E-state index in [2.05, 4.69) is 11.9 Å². The predicted molar refractivity (Wildman–Crippen MR) is 98.7 cm³/mol. The van der Waals surface area contributed by atoms with Gasteiger partial charge in [-0.15, -0.1) is 24.8 Å². The summed E-state index contributed by atoms with van der Waals surface area (Å²) in [7, 11) is 0. The highest BCUT2D eigenvalue weighted by atomic mass is 35.5. The maximum atomic E-state index is 12.8. The third kappa shape index (κ3) is 3.77. The Labute approximate surface area is 149 Å². The lowest BCUT2D eigenvalue weighted by Gasteiger charge is -2.22. The van der Waals surface area contributed by atoms with Crippen molar-refractivity contribution >= 4 is 41.6 Å². The van der Waals surface area contributed by atoms with Gasteiger partial charge in [0, 0.05) is 24.2 Å². The number of amides is 1. The molecule has 2 heterocycles. The maximum Gasteiger partial charge on any atom is 0.256 e. The van der Waals surface area contributed by atoms with Crippen LogP contribution in [0.5, 0.6) is 0 Å². The first kappa shape index (κ1) is 19.7. The summed E-state index contributed by atoms with van der Waals surface area (Å²) in [4.78, 5) is 19.3. The zero-order valence-electron chi connectivity index (χ0n) is 13.4. The van der Waals surface area contributed by atoms with E-state index in [1.807, 2.05) is 42.2 Å². The molecule has 0 spiro atoms. The van der Waals surface area contributed by atoms with Crippen molar-refractivity contribution < 1.29 is 4.79 Å². The molecule has 4 nitrogen and oxygen atoms in total. The van der Waals surface area contributed by atoms with Crippen LogP contribution in [-0.2, 0) is 0 Å². The van der Waals surface area contributed by atoms with Crippen molar-refractivity contribution in [1.82, 2.24) is 9.88 Å². The second-order valence-electron chi connectivity index (χ2n) is 6.32. The zero-order chi connectivity index (χ0) is 15.0. The van der Waals surface area contributed by atoms with Gasteiger partial charge < -0.3 is 10.6 Å². The van der Waals surface area contributed by atoms with Crippen LogP contribution in [0.15, 0.2) is 30.3 Å². The molecule has 0 radical (unpaired) electrons. The van der Waals surface area contributed by atoms with Crippen molar-refractivity contribution in [2.24, 2.45) is 11.1 Å². The van der Waals surface area contributed by atoms with Gasteiger partial charge in [0.15, 0.2) is 0 Å². The number of aryl methyl sites for hydroxylation is 1. The highest BCUT2D eigenvalue weighted by Crippen LogP contribution is 2.30. The van der Waals surface area contributed by atoms with Gasteiger partial charge in [-0.2, -0.15) is 0 Å². The third-order valence-corrected chi connectivity index (χ3v) is 4.43. The van der Waals surface area contributed by atoms with E-state index in [0.717, 1.165) is 36.1 Å². The van der Waals surface area contributed by atoms with E-state index in [1.54, 1.807) is 0 Å². The summed E-state index contributed by atoms with van der Waals surface area (Å²) in [5.41, 5.74) is 8.29. The van der Waals surface area contributed by atoms with Crippen molar-refractivity contribution in [3.63, 3.8) is 0 Å². The van der Waals surface area contributed by atoms with Crippen LogP contribution in [0, 0.1) is 12.3 Å². The summed E-state index contributed by atoms with van der Waals surface area (Å²) < 4.78 is 0. The monoisotopic (exact) mass is 355 g/mol. The number of aromatic nitrogens is 1. The molecule has 1 amide bonds. The van der Waals surface area contributed by atoms with E-state index in [1.165, 1.54) is 0 Å². The molecule has 1 saturated heterocycles. The molecule has 2 aromatic rings. The number of hydrogen-bond donors (Lipinski definition) is 1. The SMILES string of the molecule is Cc1ccc2cccc(C(=O)N3CCC(C)(CN)C3)c2n1.Cl.Cl. The first-order valence-corrected chi connectivity index (χ1v) is 7.38. The van der Waals surface area contributed by atoms with Crippen LogP contribution in [0.25, 0.3) is 10.9 Å². The van der Waals surface area contributed by atoms with E-state index in [9.17, 15) is 4.79 Å². The summed E-state index contributed by atoms with van der Waals surface area (Å²) in [6.07, 6.45) is 0.965. The molecule has 126 valence electrons. The summed E-state index contributed by atoms with van der Waals surface area (Å²) in [5.74, 6) is 0.0656. The Morgan fingerprint density at radius 3 is 2.70 bits per heavy atom. The summed E-state index contributed by atoms with van der Waals surface area (Å²) >= 11 is 0. The van der Waals surface area contributed by atoms with E-state index in [-0.39, 0.29) is 36.1 Å². The topological polar surface area (TPSA) is 59.2 Å². The quantitative estimate of drug-likeness (QED) is 0.899. The normalized spacial score (nSPS) is 20.0. The lowest BCUT2D eigenvalue weighted by molar-refractivity contribution is 0.0778. The molecule has 1 aromatic heterocycles. The number of carbonyl (C=O) groups excluding carboxylic acids is 1. The largest absolute Gasteiger partial charge is 0.338 e. The first-order valence-electron chi connectivity index (χ1n) is 7.38. The van der Waals surface area contributed by atoms with Gasteiger partial charge in [0.05, 0.1) is 11.1 Å². The third-order valence-electron chi connectivity index (χ3n) is 4.43. The van der Waals surface area contributed by atoms with Crippen LogP contribution < -0.4 is 5.73 Å². The van der Waals surface area contributed by atoms with Crippen molar-refractivity contribution in [1.29, 1.82) is 0 Å². The van der Waals surface area contributed by atoms with Gasteiger partial charge in [0.2, 0.25) is 0 Å². The van der Waals surface area contributed by atoms with Crippen molar-refractivity contribution in [3.05, 3.63) is 41.6 Å². The molecule has 1 unspecified atom stereocenters. The standard InChI is InChI=1S/C17H21N3O.2ClH/c1-12-6-7-13-4-3-5-14(15(13)19-12)16(21)20-9-8-17(2,10-18)11-20;;/h3-7H,8-11,18H2,1-2H3;2*1H. The second kappa shape index (κ2) is 7.47. The summed E-state index contributed by atoms with van der Waals surface area (Å²) in [5, 5.41) is 1.01. The number of para-hydroxylation sites is 1. The van der Waals surface area contributed by atoms with E-state index >= 15 is 0 Å². The number of pyridine rings is 1. The number of fused-ring (bicyclic) bond motifs is 1. The molecule has 1 fully saturated rings. The molecular weight excluding hydrogens is 333 g/mol. The Kier molecular flexibility index (Phi) is 6.40. The van der Waals surface area contributed by atoms with Crippen LogP contribution in [0.3, 0.4) is 0 Å². The molecule has 23 heavy (non-hydrogen) atoms. The Morgan fingerprint density at radius 2 is 2.04 bits per heavy atom. The van der Waals surface area contributed by atoms with Crippen LogP contribution in [0.1, 0.15) is 29.4 Å². The first-order chi connectivity index (χ1) is 10.0. The lowest BCUT2D eigenvalue weighted by Crippen LogP contribution is -2.34. The Bertz CT molecular complexity index is 707. The van der Waals surface area contributed by atoms with Gasteiger partial charge in [-0.25, -0.2) is 0 Å². The average Bonchev–Trinajstić information content (AvgIpc) is 2.89. The fraction of sp³-hybridized carbons (Fsp3) is 0.412. The van der Waals surface area contributed by atoms with Crippen LogP contribution in [0.4, 0.5) is 0 Å². The molecule has 0 aliphatic carbocycles. The fourth-order valence-corrected chi connectivity index (χ4v) is 2.95. The highest BCUT2D eigenvalue weighted by molar-refractivity contribution is 6.05. The Hall–Kier alpha value is -1.36. The van der Waals surface area contributed by atoms with Crippen molar-refractivity contribution in [2.75, 3.05) is 19.6 Å². The molecule has 0 saturated carbocycles. The lowest BCUT2D eigenvalue weighted by atomic mass is 9.90. The molecule has 1 aliphatic heterocycles. The van der Waals surface area contributed by atoms with Gasteiger partial charge in [-0.1, -0.05) is 25.1 Å². The Morgan fingerprint density at radius 1 is 1.30 bits per heavy atom. The molecule has 1 aromatic carbocycles. The van der Waals surface area contributed by atoms with Gasteiger partial charge >= 0.3 is 0 Å². The number of likely N-dealkylation sites (tertiary alicyclic amines) is 1. The molecular formula is C17H23Cl2N3O. The molecule has 0 bridgehead atoms. The number of nitrogens with two attached hydrogens (primary N) is 1. The molecule has 1 atom stereocenters. The number of hydrogen-bond acceptors (Lipinski definition) is 3. The average molecular weight is 356 g/mol. The number of carbonyl (C=O) groups is 1. The van der Waals surface area contributed by atoms with Crippen LogP contribution >= 0.6 is 24.8 Å². The summed E-state index contributed by atoms with van der Waals surface area (Å²) in [6, 6.07) is 9.77. The van der Waals surface area contributed by atoms with Crippen LogP contribution in [0.2, 0.25) is 0 Å². The molecule has 6 heteroatoms. The smallest absolute Gasteiger partial charge is 0.256 e. The van der Waals surface area contributed by atoms with Gasteiger partial charge in [-0.05, 0) is 37.4 Å². The fourth-order valence-electron chi connectivity index (χ4n) is 2.95. The Balaban J connectivity index is 0.00000132. The molecule has 1 aliphatic rings. The minimum Gasteiger partial charge on any atom is -0.338 e. The predicted octanol–water partition coefficient (Wildman–Crippen LogP) is 3.20. The van der Waals surface area contributed by atoms with Gasteiger partial charge in [0.1, 0.15) is 0 Å². The minimum absolute atomic E-state index is 0. The zero-order valence-corrected chi connectivity index (χ0v) is 15.0.